The smallest absolute Gasteiger partial charge is 0.259 e. The fourth-order valence-corrected chi connectivity index (χ4v) is 4.78. The van der Waals surface area contributed by atoms with Crippen molar-refractivity contribution in [3.8, 4) is 16.9 Å². The molecule has 0 saturated heterocycles. The van der Waals surface area contributed by atoms with Crippen LogP contribution in [0.4, 0.5) is 11.5 Å². The highest BCUT2D eigenvalue weighted by molar-refractivity contribution is 6.32. The highest BCUT2D eigenvalue weighted by Crippen LogP contribution is 2.32. The zero-order valence-corrected chi connectivity index (χ0v) is 26.0. The van der Waals surface area contributed by atoms with Gasteiger partial charge in [0, 0.05) is 41.2 Å². The Bertz CT molecular complexity index is 1620. The van der Waals surface area contributed by atoms with Crippen LogP contribution in [0.15, 0.2) is 77.9 Å². The number of carbonyl (C=O) groups excluding carboxylic acids is 2. The summed E-state index contributed by atoms with van der Waals surface area (Å²) in [6.45, 7) is 7.70. The van der Waals surface area contributed by atoms with Crippen LogP contribution in [0.2, 0.25) is 10.0 Å². The second-order valence-corrected chi connectivity index (χ2v) is 10.4. The molecule has 3 N–H and O–H groups in total. The van der Waals surface area contributed by atoms with Gasteiger partial charge in [0.15, 0.2) is 0 Å². The molecule has 226 valence electrons. The quantitative estimate of drug-likeness (QED) is 0.159. The summed E-state index contributed by atoms with van der Waals surface area (Å²) in [5.41, 5.74) is 1.17. The van der Waals surface area contributed by atoms with Crippen molar-refractivity contribution < 1.29 is 14.7 Å². The summed E-state index contributed by atoms with van der Waals surface area (Å²) in [5, 5.41) is 16.2. The second-order valence-electron chi connectivity index (χ2n) is 9.50. The number of carbonyl (C=O) groups is 2. The first-order chi connectivity index (χ1) is 20.2. The number of aryl methyl sites for hydroxylation is 1. The molecule has 0 fully saturated rings. The summed E-state index contributed by atoms with van der Waals surface area (Å²) < 4.78 is 1.70. The number of aromatic nitrogens is 2. The van der Waals surface area contributed by atoms with E-state index in [1.807, 2.05) is 6.07 Å². The van der Waals surface area contributed by atoms with Crippen LogP contribution in [0.25, 0.3) is 11.1 Å². The Morgan fingerprint density at radius 3 is 2.33 bits per heavy atom. The number of phenolic OH excluding ortho intramolecular Hbond substituents is 1. The van der Waals surface area contributed by atoms with Crippen molar-refractivity contribution in [2.24, 2.45) is 0 Å². The maximum absolute atomic E-state index is 13.1. The second kappa shape index (κ2) is 15.5. The number of nitrogens with zero attached hydrogens (tertiary/aromatic N) is 3. The van der Waals surface area contributed by atoms with Gasteiger partial charge in [0.1, 0.15) is 11.6 Å². The van der Waals surface area contributed by atoms with E-state index in [2.05, 4.69) is 34.4 Å². The molecule has 0 atom stereocenters. The molecule has 2 heterocycles. The molecule has 0 aliphatic rings. The highest BCUT2D eigenvalue weighted by Gasteiger charge is 2.20. The monoisotopic (exact) mass is 643 g/mol. The zero-order valence-electron chi connectivity index (χ0n) is 23.6. The average molecular weight is 645 g/mol. The Kier molecular flexibility index (Phi) is 12.1. The number of halogens is 3. The van der Waals surface area contributed by atoms with Gasteiger partial charge in [0.25, 0.3) is 17.4 Å². The number of rotatable bonds is 11. The van der Waals surface area contributed by atoms with E-state index in [0.29, 0.717) is 22.7 Å². The van der Waals surface area contributed by atoms with Crippen molar-refractivity contribution in [1.29, 1.82) is 0 Å². The van der Waals surface area contributed by atoms with E-state index >= 15 is 0 Å². The van der Waals surface area contributed by atoms with Crippen molar-refractivity contribution in [3.63, 3.8) is 0 Å². The van der Waals surface area contributed by atoms with Crippen LogP contribution in [-0.2, 0) is 6.54 Å². The molecule has 0 saturated carbocycles. The van der Waals surface area contributed by atoms with Crippen molar-refractivity contribution in [2.45, 2.75) is 26.8 Å². The Hall–Kier alpha value is -3.89. The number of anilines is 2. The number of amides is 2. The number of hydrogen-bond acceptors (Lipinski definition) is 6. The van der Waals surface area contributed by atoms with Crippen molar-refractivity contribution in [1.82, 2.24) is 14.5 Å². The molecule has 2 aromatic heterocycles. The standard InChI is InChI=1S/C31H31Cl2N5O4.ClH/c1-3-37(4-2)14-6-16-38-15-5-7-24(31(38)42)20-8-10-21(11-9-20)29(40)36-28-25(17-23(33)18-26(28)39)30(41)35-27-13-12-22(32)19-34-27;/h5,7-13,15,17-19,39H,3-4,6,14,16H2,1-2H3,(H,36,40)(H,34,35,41);1H. The Morgan fingerprint density at radius 2 is 1.67 bits per heavy atom. The number of hydrogen-bond donors (Lipinski definition) is 3. The highest BCUT2D eigenvalue weighted by atomic mass is 35.5. The summed E-state index contributed by atoms with van der Waals surface area (Å²) in [5.74, 6) is -1.38. The van der Waals surface area contributed by atoms with Crippen LogP contribution in [0, 0.1) is 0 Å². The first-order valence-corrected chi connectivity index (χ1v) is 14.2. The minimum Gasteiger partial charge on any atom is -0.506 e. The lowest BCUT2D eigenvalue weighted by Crippen LogP contribution is -2.27. The fraction of sp³-hybridized carbons (Fsp3) is 0.226. The molecule has 0 aliphatic carbocycles. The molecule has 4 rings (SSSR count). The van der Waals surface area contributed by atoms with Gasteiger partial charge in [-0.3, -0.25) is 14.4 Å². The Labute approximate surface area is 265 Å². The minimum absolute atomic E-state index is 0. The van der Waals surface area contributed by atoms with Gasteiger partial charge in [-0.25, -0.2) is 4.98 Å². The number of phenols is 1. The molecule has 4 aromatic rings. The van der Waals surface area contributed by atoms with E-state index < -0.39 is 11.8 Å². The molecule has 0 aliphatic heterocycles. The zero-order chi connectivity index (χ0) is 30.2. The summed E-state index contributed by atoms with van der Waals surface area (Å²) in [7, 11) is 0. The van der Waals surface area contributed by atoms with E-state index in [1.54, 1.807) is 47.2 Å². The van der Waals surface area contributed by atoms with Gasteiger partial charge in [-0.2, -0.15) is 0 Å². The van der Waals surface area contributed by atoms with Gasteiger partial charge in [-0.15, -0.1) is 12.4 Å². The number of pyridine rings is 2. The lowest BCUT2D eigenvalue weighted by Gasteiger charge is -2.18. The van der Waals surface area contributed by atoms with E-state index in [1.165, 1.54) is 24.4 Å². The lowest BCUT2D eigenvalue weighted by molar-refractivity contribution is 0.102. The summed E-state index contributed by atoms with van der Waals surface area (Å²) in [6.07, 6.45) is 4.01. The third-order valence-corrected chi connectivity index (χ3v) is 7.22. The molecule has 0 radical (unpaired) electrons. The summed E-state index contributed by atoms with van der Waals surface area (Å²) in [6, 6.07) is 15.7. The predicted molar refractivity (Wildman–Crippen MR) is 174 cm³/mol. The third-order valence-electron chi connectivity index (χ3n) is 6.78. The van der Waals surface area contributed by atoms with Crippen molar-refractivity contribution >= 4 is 58.9 Å². The molecule has 0 spiro atoms. The average Bonchev–Trinajstić information content (AvgIpc) is 2.98. The van der Waals surface area contributed by atoms with Gasteiger partial charge in [-0.1, -0.05) is 49.2 Å². The van der Waals surface area contributed by atoms with Gasteiger partial charge in [0.05, 0.1) is 16.3 Å². The van der Waals surface area contributed by atoms with Gasteiger partial charge in [0.2, 0.25) is 0 Å². The van der Waals surface area contributed by atoms with Crippen molar-refractivity contribution in [3.05, 3.63) is 105 Å². The van der Waals surface area contributed by atoms with E-state index in [9.17, 15) is 19.5 Å². The molecule has 0 unspecified atom stereocenters. The maximum atomic E-state index is 13.1. The third kappa shape index (κ3) is 8.58. The first-order valence-electron chi connectivity index (χ1n) is 13.5. The Morgan fingerprint density at radius 1 is 0.953 bits per heavy atom. The molecule has 12 heteroatoms. The molecular formula is C31H32Cl3N5O4. The minimum atomic E-state index is -0.647. The number of nitrogens with one attached hydrogen (secondary N) is 2. The molecular weight excluding hydrogens is 613 g/mol. The van der Waals surface area contributed by atoms with Crippen LogP contribution < -0.4 is 16.2 Å². The van der Waals surface area contributed by atoms with E-state index in [4.69, 9.17) is 23.2 Å². The number of aromatic hydroxyl groups is 1. The van der Waals surface area contributed by atoms with Crippen molar-refractivity contribution in [2.75, 3.05) is 30.3 Å². The summed E-state index contributed by atoms with van der Waals surface area (Å²) >= 11 is 11.9. The van der Waals surface area contributed by atoms with Gasteiger partial charge < -0.3 is 25.2 Å². The molecule has 2 amide bonds. The normalized spacial score (nSPS) is 10.7. The SMILES string of the molecule is CCN(CC)CCCn1cccc(-c2ccc(C(=O)Nc3c(O)cc(Cl)cc3C(=O)Nc3ccc(Cl)cn3)cc2)c1=O.Cl. The molecule has 0 bridgehead atoms. The molecule has 2 aromatic carbocycles. The number of benzene rings is 2. The first kappa shape index (κ1) is 33.6. The molecule has 9 nitrogen and oxygen atoms in total. The van der Waals surface area contributed by atoms with Crippen LogP contribution >= 0.6 is 35.6 Å². The van der Waals surface area contributed by atoms with Crippen LogP contribution in [-0.4, -0.2) is 51.0 Å². The fourth-order valence-electron chi connectivity index (χ4n) is 4.46. The van der Waals surface area contributed by atoms with Gasteiger partial charge >= 0.3 is 0 Å². The van der Waals surface area contributed by atoms with E-state index in [-0.39, 0.29) is 51.4 Å². The van der Waals surface area contributed by atoms with Crippen LogP contribution in [0.3, 0.4) is 0 Å². The molecule has 43 heavy (non-hydrogen) atoms. The Balaban J connectivity index is 0.00000506. The van der Waals surface area contributed by atoms with E-state index in [0.717, 1.165) is 26.1 Å². The maximum Gasteiger partial charge on any atom is 0.259 e. The van der Waals surface area contributed by atoms with Gasteiger partial charge in [-0.05, 0) is 74.1 Å². The largest absolute Gasteiger partial charge is 0.506 e. The lowest BCUT2D eigenvalue weighted by atomic mass is 10.0. The topological polar surface area (TPSA) is 117 Å². The van der Waals surface area contributed by atoms with Crippen LogP contribution in [0.5, 0.6) is 5.75 Å². The predicted octanol–water partition coefficient (Wildman–Crippen LogP) is 6.58. The summed E-state index contributed by atoms with van der Waals surface area (Å²) in [4.78, 5) is 45.6. The van der Waals surface area contributed by atoms with Crippen LogP contribution in [0.1, 0.15) is 41.0 Å².